The van der Waals surface area contributed by atoms with Crippen LogP contribution in [0.4, 0.5) is 10.8 Å². The molecule has 1 amide bonds. The molecule has 4 nitrogen and oxygen atoms in total. The first-order valence-corrected chi connectivity index (χ1v) is 7.46. The van der Waals surface area contributed by atoms with Crippen molar-refractivity contribution in [3.63, 3.8) is 0 Å². The molecule has 0 radical (unpaired) electrons. The van der Waals surface area contributed by atoms with E-state index >= 15 is 0 Å². The van der Waals surface area contributed by atoms with Crippen molar-refractivity contribution in [2.24, 2.45) is 0 Å². The van der Waals surface area contributed by atoms with Crippen LogP contribution in [0, 0.1) is 6.92 Å². The van der Waals surface area contributed by atoms with Gasteiger partial charge < -0.3 is 5.73 Å². The third-order valence-corrected chi connectivity index (χ3v) is 4.36. The number of fused-ring (bicyclic) bond motifs is 1. The number of thiazole rings is 1. The van der Waals surface area contributed by atoms with Gasteiger partial charge in [0.1, 0.15) is 0 Å². The molecule has 1 heterocycles. The molecular weight excluding hydrogens is 306 g/mol. The van der Waals surface area contributed by atoms with Crippen LogP contribution in [-0.4, -0.2) is 10.9 Å². The molecule has 3 N–H and O–H groups in total. The SMILES string of the molecule is Cc1c(N)cccc1C(=O)Nc1nc2ccc(Cl)cc2s1. The van der Waals surface area contributed by atoms with Crippen molar-refractivity contribution >= 4 is 49.9 Å². The summed E-state index contributed by atoms with van der Waals surface area (Å²) in [4.78, 5) is 16.7. The second-order valence-electron chi connectivity index (χ2n) is 4.60. The average molecular weight is 318 g/mol. The normalized spacial score (nSPS) is 10.8. The van der Waals surface area contributed by atoms with Crippen LogP contribution in [0.2, 0.25) is 5.02 Å². The van der Waals surface area contributed by atoms with Gasteiger partial charge in [-0.15, -0.1) is 0 Å². The van der Waals surface area contributed by atoms with E-state index in [9.17, 15) is 4.79 Å². The Morgan fingerprint density at radius 2 is 2.14 bits per heavy atom. The van der Waals surface area contributed by atoms with E-state index in [1.807, 2.05) is 19.1 Å². The van der Waals surface area contributed by atoms with Crippen LogP contribution in [0.1, 0.15) is 15.9 Å². The predicted molar refractivity (Wildman–Crippen MR) is 88.2 cm³/mol. The van der Waals surface area contributed by atoms with E-state index < -0.39 is 0 Å². The largest absolute Gasteiger partial charge is 0.398 e. The predicted octanol–water partition coefficient (Wildman–Crippen LogP) is 4.09. The Labute approximate surface area is 130 Å². The number of aromatic nitrogens is 1. The van der Waals surface area contributed by atoms with Gasteiger partial charge in [-0.3, -0.25) is 10.1 Å². The molecule has 0 aliphatic carbocycles. The highest BCUT2D eigenvalue weighted by molar-refractivity contribution is 7.22. The molecule has 21 heavy (non-hydrogen) atoms. The third kappa shape index (κ3) is 2.70. The number of hydrogen-bond donors (Lipinski definition) is 2. The maximum Gasteiger partial charge on any atom is 0.257 e. The fraction of sp³-hybridized carbons (Fsp3) is 0.0667. The van der Waals surface area contributed by atoms with Gasteiger partial charge in [0, 0.05) is 16.3 Å². The lowest BCUT2D eigenvalue weighted by Gasteiger charge is -2.07. The molecule has 0 saturated heterocycles. The molecule has 6 heteroatoms. The Bertz CT molecular complexity index is 844. The van der Waals surface area contributed by atoms with Gasteiger partial charge in [-0.2, -0.15) is 0 Å². The van der Waals surface area contributed by atoms with Gasteiger partial charge in [0.15, 0.2) is 5.13 Å². The number of carbonyl (C=O) groups excluding carboxylic acids is 1. The van der Waals surface area contributed by atoms with Crippen molar-refractivity contribution in [1.29, 1.82) is 0 Å². The van der Waals surface area contributed by atoms with E-state index in [2.05, 4.69) is 10.3 Å². The summed E-state index contributed by atoms with van der Waals surface area (Å²) in [5.74, 6) is -0.218. The van der Waals surface area contributed by atoms with Crippen LogP contribution in [0.3, 0.4) is 0 Å². The molecule has 0 bridgehead atoms. The Kier molecular flexibility index (Phi) is 3.53. The van der Waals surface area contributed by atoms with Crippen molar-refractivity contribution in [2.75, 3.05) is 11.1 Å². The smallest absolute Gasteiger partial charge is 0.257 e. The first kappa shape index (κ1) is 13.9. The monoisotopic (exact) mass is 317 g/mol. The minimum absolute atomic E-state index is 0.218. The fourth-order valence-electron chi connectivity index (χ4n) is 2.02. The number of hydrogen-bond acceptors (Lipinski definition) is 4. The Hall–Kier alpha value is -2.11. The quantitative estimate of drug-likeness (QED) is 0.699. The van der Waals surface area contributed by atoms with E-state index in [1.54, 1.807) is 24.3 Å². The van der Waals surface area contributed by atoms with Crippen molar-refractivity contribution in [3.8, 4) is 0 Å². The first-order chi connectivity index (χ1) is 10.0. The summed E-state index contributed by atoms with van der Waals surface area (Å²) in [6.45, 7) is 1.82. The summed E-state index contributed by atoms with van der Waals surface area (Å²) in [7, 11) is 0. The van der Waals surface area contributed by atoms with Crippen LogP contribution in [0.25, 0.3) is 10.2 Å². The van der Waals surface area contributed by atoms with Crippen LogP contribution < -0.4 is 11.1 Å². The lowest BCUT2D eigenvalue weighted by molar-refractivity contribution is 0.102. The lowest BCUT2D eigenvalue weighted by atomic mass is 10.1. The number of carbonyl (C=O) groups is 1. The number of rotatable bonds is 2. The minimum atomic E-state index is -0.218. The Morgan fingerprint density at radius 3 is 2.95 bits per heavy atom. The molecule has 0 spiro atoms. The lowest BCUT2D eigenvalue weighted by Crippen LogP contribution is -2.13. The maximum atomic E-state index is 12.3. The van der Waals surface area contributed by atoms with Crippen LogP contribution in [-0.2, 0) is 0 Å². The van der Waals surface area contributed by atoms with Crippen molar-refractivity contribution < 1.29 is 4.79 Å². The minimum Gasteiger partial charge on any atom is -0.398 e. The van der Waals surface area contributed by atoms with Gasteiger partial charge in [0.25, 0.3) is 5.91 Å². The number of anilines is 2. The van der Waals surface area contributed by atoms with Crippen LogP contribution in [0.5, 0.6) is 0 Å². The zero-order valence-electron chi connectivity index (χ0n) is 11.2. The molecule has 106 valence electrons. The van der Waals surface area contributed by atoms with Gasteiger partial charge in [-0.1, -0.05) is 29.0 Å². The van der Waals surface area contributed by atoms with Crippen molar-refractivity contribution in [1.82, 2.24) is 4.98 Å². The molecule has 3 rings (SSSR count). The zero-order chi connectivity index (χ0) is 15.0. The van der Waals surface area contributed by atoms with Gasteiger partial charge in [-0.05, 0) is 42.8 Å². The molecule has 2 aromatic carbocycles. The van der Waals surface area contributed by atoms with E-state index in [-0.39, 0.29) is 5.91 Å². The van der Waals surface area contributed by atoms with Gasteiger partial charge in [-0.25, -0.2) is 4.98 Å². The summed E-state index contributed by atoms with van der Waals surface area (Å²) >= 11 is 7.33. The zero-order valence-corrected chi connectivity index (χ0v) is 12.8. The second-order valence-corrected chi connectivity index (χ2v) is 6.07. The molecular formula is C15H12ClN3OS. The maximum absolute atomic E-state index is 12.3. The summed E-state index contributed by atoms with van der Waals surface area (Å²) in [6, 6.07) is 10.7. The van der Waals surface area contributed by atoms with Crippen LogP contribution in [0.15, 0.2) is 36.4 Å². The number of benzene rings is 2. The molecule has 0 aliphatic rings. The van der Waals surface area contributed by atoms with E-state index in [4.69, 9.17) is 17.3 Å². The highest BCUT2D eigenvalue weighted by atomic mass is 35.5. The Morgan fingerprint density at radius 1 is 1.33 bits per heavy atom. The number of nitrogen functional groups attached to an aromatic ring is 1. The van der Waals surface area contributed by atoms with Gasteiger partial charge >= 0.3 is 0 Å². The molecule has 0 saturated carbocycles. The second kappa shape index (κ2) is 5.35. The summed E-state index contributed by atoms with van der Waals surface area (Å²) < 4.78 is 0.932. The number of nitrogens with two attached hydrogens (primary N) is 1. The molecule has 3 aromatic rings. The summed E-state index contributed by atoms with van der Waals surface area (Å²) in [6.07, 6.45) is 0. The number of nitrogens with zero attached hydrogens (tertiary/aromatic N) is 1. The first-order valence-electron chi connectivity index (χ1n) is 6.27. The average Bonchev–Trinajstić information content (AvgIpc) is 2.83. The topological polar surface area (TPSA) is 68.0 Å². The number of amides is 1. The molecule has 0 unspecified atom stereocenters. The van der Waals surface area contributed by atoms with Gasteiger partial charge in [0.2, 0.25) is 0 Å². The molecule has 0 aliphatic heterocycles. The summed E-state index contributed by atoms with van der Waals surface area (Å²) in [5.41, 5.74) is 8.54. The van der Waals surface area contributed by atoms with Crippen LogP contribution >= 0.6 is 22.9 Å². The van der Waals surface area contributed by atoms with Crippen molar-refractivity contribution in [2.45, 2.75) is 6.92 Å². The Balaban J connectivity index is 1.91. The number of halogens is 1. The highest BCUT2D eigenvalue weighted by Crippen LogP contribution is 2.28. The third-order valence-electron chi connectivity index (χ3n) is 3.19. The molecule has 1 aromatic heterocycles. The van der Waals surface area contributed by atoms with Crippen molar-refractivity contribution in [3.05, 3.63) is 52.5 Å². The molecule has 0 atom stereocenters. The highest BCUT2D eigenvalue weighted by Gasteiger charge is 2.13. The number of nitrogens with one attached hydrogen (secondary N) is 1. The molecule has 0 fully saturated rings. The van der Waals surface area contributed by atoms with Gasteiger partial charge in [0.05, 0.1) is 10.2 Å². The van der Waals surface area contributed by atoms with E-state index in [0.29, 0.717) is 21.4 Å². The fourth-order valence-corrected chi connectivity index (χ4v) is 3.15. The van der Waals surface area contributed by atoms with E-state index in [1.165, 1.54) is 11.3 Å². The standard InChI is InChI=1S/C15H12ClN3OS/c1-8-10(3-2-4-11(8)17)14(20)19-15-18-12-6-5-9(16)7-13(12)21-15/h2-7H,17H2,1H3,(H,18,19,20). The summed E-state index contributed by atoms with van der Waals surface area (Å²) in [5, 5.41) is 3.99. The van der Waals surface area contributed by atoms with E-state index in [0.717, 1.165) is 15.8 Å².